The molecule has 0 aromatic carbocycles. The zero-order valence-electron chi connectivity index (χ0n) is 10.2. The van der Waals surface area contributed by atoms with Crippen LogP contribution in [0.1, 0.15) is 10.5 Å². The van der Waals surface area contributed by atoms with E-state index in [4.69, 9.17) is 4.74 Å². The van der Waals surface area contributed by atoms with E-state index in [1.54, 1.807) is 0 Å². The highest BCUT2D eigenvalue weighted by molar-refractivity contribution is 7.91. The van der Waals surface area contributed by atoms with E-state index in [1.165, 1.54) is 26.8 Å². The molecular weight excluding hydrogens is 280 g/mol. The van der Waals surface area contributed by atoms with Crippen LogP contribution in [-0.4, -0.2) is 58.1 Å². The maximum Gasteiger partial charge on any atom is 0.358 e. The number of nitrogens with zero attached hydrogens (tertiary/aromatic N) is 2. The van der Waals surface area contributed by atoms with Crippen molar-refractivity contribution in [2.75, 3.05) is 34.4 Å². The van der Waals surface area contributed by atoms with Crippen molar-refractivity contribution in [3.05, 3.63) is 11.2 Å². The van der Waals surface area contributed by atoms with Gasteiger partial charge in [0.15, 0.2) is 9.90 Å². The lowest BCUT2D eigenvalue weighted by atomic mass is 10.5. The van der Waals surface area contributed by atoms with Gasteiger partial charge in [-0.25, -0.2) is 18.2 Å². The predicted octanol–water partition coefficient (Wildman–Crippen LogP) is 0.197. The van der Waals surface area contributed by atoms with Crippen LogP contribution in [0.2, 0.25) is 0 Å². The van der Waals surface area contributed by atoms with Gasteiger partial charge in [0, 0.05) is 20.7 Å². The van der Waals surface area contributed by atoms with Crippen molar-refractivity contribution in [1.29, 1.82) is 0 Å². The van der Waals surface area contributed by atoms with Gasteiger partial charge in [-0.15, -0.1) is 11.3 Å². The van der Waals surface area contributed by atoms with Crippen LogP contribution in [-0.2, 0) is 19.5 Å². The first kappa shape index (κ1) is 15.0. The van der Waals surface area contributed by atoms with Crippen molar-refractivity contribution >= 4 is 27.3 Å². The number of esters is 1. The molecule has 1 heterocycles. The third-order valence-electron chi connectivity index (χ3n) is 2.17. The summed E-state index contributed by atoms with van der Waals surface area (Å²) >= 11 is 0.880. The van der Waals surface area contributed by atoms with Gasteiger partial charge >= 0.3 is 5.97 Å². The molecule has 9 heteroatoms. The van der Waals surface area contributed by atoms with Gasteiger partial charge in [0.1, 0.15) is 0 Å². The Balaban J connectivity index is 3.05. The third-order valence-corrected chi connectivity index (χ3v) is 5.37. The third kappa shape index (κ3) is 3.05. The summed E-state index contributed by atoms with van der Waals surface area (Å²) in [6, 6.07) is 0. The number of likely N-dealkylation sites (N-methyl/N-ethyl adjacent to an activating group) is 1. The Kier molecular flexibility index (Phi) is 5.20. The monoisotopic (exact) mass is 294 g/mol. The highest BCUT2D eigenvalue weighted by Gasteiger charge is 2.29. The van der Waals surface area contributed by atoms with Crippen molar-refractivity contribution in [1.82, 2.24) is 9.29 Å². The van der Waals surface area contributed by atoms with Gasteiger partial charge in [0.25, 0.3) is 10.0 Å². The van der Waals surface area contributed by atoms with Crippen LogP contribution < -0.4 is 0 Å². The minimum Gasteiger partial charge on any atom is -0.464 e. The van der Waals surface area contributed by atoms with Crippen LogP contribution >= 0.6 is 11.3 Å². The first-order chi connectivity index (χ1) is 8.45. The standard InChI is InChI=1S/C9H14N2O5S2/c1-11(4-5-15-2)18(13,14)9-7(8(12)16-3)10-6-17-9/h6H,4-5H2,1-3H3. The average molecular weight is 294 g/mol. The van der Waals surface area contributed by atoms with Crippen molar-refractivity contribution in [2.24, 2.45) is 0 Å². The lowest BCUT2D eigenvalue weighted by Gasteiger charge is -2.15. The van der Waals surface area contributed by atoms with Crippen LogP contribution in [0, 0.1) is 0 Å². The lowest BCUT2D eigenvalue weighted by Crippen LogP contribution is -2.30. The summed E-state index contributed by atoms with van der Waals surface area (Å²) < 4.78 is 34.6. The fourth-order valence-corrected chi connectivity index (χ4v) is 3.61. The number of hydrogen-bond donors (Lipinski definition) is 0. The van der Waals surface area contributed by atoms with E-state index in [0.29, 0.717) is 0 Å². The summed E-state index contributed by atoms with van der Waals surface area (Å²) in [5.41, 5.74) is 1.11. The van der Waals surface area contributed by atoms with Crippen LogP contribution in [0.3, 0.4) is 0 Å². The Morgan fingerprint density at radius 2 is 2.17 bits per heavy atom. The summed E-state index contributed by atoms with van der Waals surface area (Å²) in [5, 5.41) is 0. The van der Waals surface area contributed by atoms with Gasteiger partial charge in [-0.2, -0.15) is 4.31 Å². The highest BCUT2D eigenvalue weighted by atomic mass is 32.2. The van der Waals surface area contributed by atoms with E-state index in [0.717, 1.165) is 15.6 Å². The van der Waals surface area contributed by atoms with Crippen LogP contribution in [0.4, 0.5) is 0 Å². The minimum atomic E-state index is -3.75. The summed E-state index contributed by atoms with van der Waals surface area (Å²) in [4.78, 5) is 15.1. The first-order valence-corrected chi connectivity index (χ1v) is 7.24. The molecule has 0 aliphatic rings. The number of sulfonamides is 1. The number of carbonyl (C=O) groups is 1. The molecule has 1 rings (SSSR count). The number of methoxy groups -OCH3 is 2. The first-order valence-electron chi connectivity index (χ1n) is 4.92. The number of aromatic nitrogens is 1. The summed E-state index contributed by atoms with van der Waals surface area (Å²) in [6.07, 6.45) is 0. The van der Waals surface area contributed by atoms with Gasteiger partial charge < -0.3 is 9.47 Å². The van der Waals surface area contributed by atoms with Gasteiger partial charge in [0.2, 0.25) is 0 Å². The molecule has 1 aromatic rings. The number of rotatable bonds is 6. The maximum absolute atomic E-state index is 12.2. The fourth-order valence-electron chi connectivity index (χ4n) is 1.13. The van der Waals surface area contributed by atoms with E-state index in [-0.39, 0.29) is 23.1 Å². The number of carbonyl (C=O) groups excluding carboxylic acids is 1. The largest absolute Gasteiger partial charge is 0.464 e. The molecule has 0 unspecified atom stereocenters. The molecule has 1 aromatic heterocycles. The molecule has 0 fully saturated rings. The normalized spacial score (nSPS) is 11.8. The smallest absolute Gasteiger partial charge is 0.358 e. The molecule has 0 aliphatic heterocycles. The fraction of sp³-hybridized carbons (Fsp3) is 0.556. The van der Waals surface area contributed by atoms with Gasteiger partial charge in [-0.3, -0.25) is 0 Å². The lowest BCUT2D eigenvalue weighted by molar-refractivity contribution is 0.0590. The second-order valence-corrected chi connectivity index (χ2v) is 6.39. The molecule has 0 bridgehead atoms. The summed E-state index contributed by atoms with van der Waals surface area (Å²) in [6.45, 7) is 0.458. The molecule has 102 valence electrons. The van der Waals surface area contributed by atoms with Gasteiger partial charge in [-0.05, 0) is 0 Å². The van der Waals surface area contributed by atoms with E-state index in [1.807, 2.05) is 0 Å². The molecule has 0 amide bonds. The van der Waals surface area contributed by atoms with Crippen LogP contribution in [0.25, 0.3) is 0 Å². The number of hydrogen-bond acceptors (Lipinski definition) is 7. The Bertz CT molecular complexity index is 511. The van der Waals surface area contributed by atoms with Gasteiger partial charge in [0.05, 0.1) is 19.2 Å². The Morgan fingerprint density at radius 3 is 2.72 bits per heavy atom. The molecule has 18 heavy (non-hydrogen) atoms. The van der Waals surface area contributed by atoms with Crippen molar-refractivity contribution in [3.63, 3.8) is 0 Å². The van der Waals surface area contributed by atoms with E-state index in [9.17, 15) is 13.2 Å². The zero-order valence-corrected chi connectivity index (χ0v) is 11.9. The molecule has 0 atom stereocenters. The molecule has 0 saturated heterocycles. The van der Waals surface area contributed by atoms with E-state index < -0.39 is 16.0 Å². The molecule has 7 nitrogen and oxygen atoms in total. The molecule has 0 aliphatic carbocycles. The topological polar surface area (TPSA) is 85.8 Å². The van der Waals surface area contributed by atoms with Crippen molar-refractivity contribution in [2.45, 2.75) is 4.21 Å². The predicted molar refractivity (Wildman–Crippen MR) is 65.1 cm³/mol. The van der Waals surface area contributed by atoms with E-state index in [2.05, 4.69) is 9.72 Å². The summed E-state index contributed by atoms with van der Waals surface area (Å²) in [7, 11) is 0.319. The van der Waals surface area contributed by atoms with Crippen molar-refractivity contribution in [3.8, 4) is 0 Å². The Morgan fingerprint density at radius 1 is 1.50 bits per heavy atom. The molecule has 0 saturated carbocycles. The maximum atomic E-state index is 12.2. The van der Waals surface area contributed by atoms with Crippen LogP contribution in [0.15, 0.2) is 9.72 Å². The highest BCUT2D eigenvalue weighted by Crippen LogP contribution is 2.23. The molecule has 0 N–H and O–H groups in total. The average Bonchev–Trinajstić information content (AvgIpc) is 2.84. The number of thiazole rings is 1. The van der Waals surface area contributed by atoms with E-state index >= 15 is 0 Å². The second-order valence-electron chi connectivity index (χ2n) is 3.30. The quantitative estimate of drug-likeness (QED) is 0.697. The molecule has 0 spiro atoms. The van der Waals surface area contributed by atoms with Gasteiger partial charge in [-0.1, -0.05) is 0 Å². The Hall–Kier alpha value is -1.03. The summed E-state index contributed by atoms with van der Waals surface area (Å²) in [5.74, 6) is -0.769. The number of ether oxygens (including phenoxy) is 2. The molecular formula is C9H14N2O5S2. The minimum absolute atomic E-state index is 0.118. The zero-order chi connectivity index (χ0) is 13.8. The van der Waals surface area contributed by atoms with Crippen molar-refractivity contribution < 1.29 is 22.7 Å². The SMILES string of the molecule is COCCN(C)S(=O)(=O)c1scnc1C(=O)OC. The Labute approximate surface area is 109 Å². The second kappa shape index (κ2) is 6.23. The molecule has 0 radical (unpaired) electrons. The van der Waals surface area contributed by atoms with Crippen LogP contribution in [0.5, 0.6) is 0 Å².